The second-order valence-electron chi connectivity index (χ2n) is 4.35. The van der Waals surface area contributed by atoms with Crippen LogP contribution in [0.3, 0.4) is 0 Å². The minimum Gasteiger partial charge on any atom is -0.361 e. The highest BCUT2D eigenvalue weighted by Crippen LogP contribution is 2.41. The molecule has 1 saturated carbocycles. The Morgan fingerprint density at radius 3 is 2.88 bits per heavy atom. The molecule has 1 atom stereocenters. The van der Waals surface area contributed by atoms with E-state index < -0.39 is 0 Å². The molecule has 0 amide bonds. The summed E-state index contributed by atoms with van der Waals surface area (Å²) >= 11 is 1.92. The number of hydrogen-bond acceptors (Lipinski definition) is 4. The highest BCUT2D eigenvalue weighted by Gasteiger charge is 2.35. The summed E-state index contributed by atoms with van der Waals surface area (Å²) in [6.07, 6.45) is 6.47. The lowest BCUT2D eigenvalue weighted by molar-refractivity contribution is 0.772. The van der Waals surface area contributed by atoms with Gasteiger partial charge in [-0.25, -0.2) is 0 Å². The average molecular weight is 233 g/mol. The standard InChI is InChI=1S/C12H15N3S/c1-2-10(1)11-8-15-12(16-11)14-7-9-3-5-13-6-4-9/h3-6,10-11H,1-2,7-8H2,(H,14,15). The Morgan fingerprint density at radius 1 is 1.31 bits per heavy atom. The summed E-state index contributed by atoms with van der Waals surface area (Å²) in [5, 5.41) is 5.26. The van der Waals surface area contributed by atoms with E-state index in [1.807, 2.05) is 36.3 Å². The van der Waals surface area contributed by atoms with Gasteiger partial charge in [0.25, 0.3) is 0 Å². The van der Waals surface area contributed by atoms with Crippen molar-refractivity contribution in [2.45, 2.75) is 24.6 Å². The van der Waals surface area contributed by atoms with Crippen LogP contribution in [0, 0.1) is 5.92 Å². The summed E-state index contributed by atoms with van der Waals surface area (Å²) in [4.78, 5) is 8.55. The number of thioether (sulfide) groups is 1. The Bertz CT molecular complexity index is 387. The van der Waals surface area contributed by atoms with E-state index in [9.17, 15) is 0 Å². The smallest absolute Gasteiger partial charge is 0.157 e. The maximum Gasteiger partial charge on any atom is 0.157 e. The zero-order valence-electron chi connectivity index (χ0n) is 9.10. The van der Waals surface area contributed by atoms with E-state index in [2.05, 4.69) is 15.3 Å². The third-order valence-electron chi connectivity index (χ3n) is 3.02. The van der Waals surface area contributed by atoms with Gasteiger partial charge < -0.3 is 5.32 Å². The van der Waals surface area contributed by atoms with Crippen LogP contribution in [-0.4, -0.2) is 21.9 Å². The van der Waals surface area contributed by atoms with Crippen LogP contribution in [0.5, 0.6) is 0 Å². The van der Waals surface area contributed by atoms with Crippen LogP contribution in [0.2, 0.25) is 0 Å². The largest absolute Gasteiger partial charge is 0.361 e. The van der Waals surface area contributed by atoms with Crippen LogP contribution < -0.4 is 5.32 Å². The van der Waals surface area contributed by atoms with Crippen molar-refractivity contribution in [2.24, 2.45) is 10.9 Å². The van der Waals surface area contributed by atoms with Gasteiger partial charge in [0.2, 0.25) is 0 Å². The van der Waals surface area contributed by atoms with E-state index in [1.165, 1.54) is 18.4 Å². The van der Waals surface area contributed by atoms with E-state index >= 15 is 0 Å². The Morgan fingerprint density at radius 2 is 2.12 bits per heavy atom. The predicted octanol–water partition coefficient (Wildman–Crippen LogP) is 2.05. The number of aliphatic imine (C=N–C) groups is 1. The van der Waals surface area contributed by atoms with Gasteiger partial charge in [-0.3, -0.25) is 9.98 Å². The van der Waals surface area contributed by atoms with Crippen molar-refractivity contribution in [3.63, 3.8) is 0 Å². The zero-order valence-corrected chi connectivity index (χ0v) is 9.91. The lowest BCUT2D eigenvalue weighted by Gasteiger charge is -2.07. The Kier molecular flexibility index (Phi) is 2.82. The summed E-state index contributed by atoms with van der Waals surface area (Å²) in [6, 6.07) is 4.07. The molecule has 3 rings (SSSR count). The minimum atomic E-state index is 0.750. The molecule has 2 aliphatic rings. The third kappa shape index (κ3) is 2.38. The van der Waals surface area contributed by atoms with Gasteiger partial charge in [0.1, 0.15) is 0 Å². The van der Waals surface area contributed by atoms with Gasteiger partial charge in [0.15, 0.2) is 5.17 Å². The molecule has 1 fully saturated rings. The van der Waals surface area contributed by atoms with Gasteiger partial charge in [-0.2, -0.15) is 0 Å². The SMILES string of the molecule is c1cc(CNC2=NCC(C3CC3)S2)ccn1. The fraction of sp³-hybridized carbons (Fsp3) is 0.500. The van der Waals surface area contributed by atoms with Crippen LogP contribution in [0.1, 0.15) is 18.4 Å². The maximum atomic E-state index is 4.55. The molecule has 1 N–H and O–H groups in total. The molecule has 0 radical (unpaired) electrons. The number of nitrogens with one attached hydrogen (secondary N) is 1. The number of hydrogen-bond donors (Lipinski definition) is 1. The Labute approximate surface area is 99.8 Å². The molecule has 0 saturated heterocycles. The molecule has 0 spiro atoms. The molecule has 2 heterocycles. The van der Waals surface area contributed by atoms with Crippen LogP contribution in [0.4, 0.5) is 0 Å². The van der Waals surface area contributed by atoms with E-state index in [-0.39, 0.29) is 0 Å². The van der Waals surface area contributed by atoms with Crippen molar-refractivity contribution in [1.82, 2.24) is 10.3 Å². The normalized spacial score (nSPS) is 24.2. The van der Waals surface area contributed by atoms with Crippen LogP contribution in [0.25, 0.3) is 0 Å². The van der Waals surface area contributed by atoms with Crippen LogP contribution in [-0.2, 0) is 6.54 Å². The second-order valence-corrected chi connectivity index (χ2v) is 5.58. The van der Waals surface area contributed by atoms with E-state index in [0.29, 0.717) is 0 Å². The van der Waals surface area contributed by atoms with Crippen LogP contribution >= 0.6 is 11.8 Å². The molecule has 1 aliphatic carbocycles. The lowest BCUT2D eigenvalue weighted by Crippen LogP contribution is -2.19. The molecule has 1 aromatic rings. The van der Waals surface area contributed by atoms with Gasteiger partial charge in [-0.1, -0.05) is 11.8 Å². The van der Waals surface area contributed by atoms with Crippen molar-refractivity contribution in [1.29, 1.82) is 0 Å². The summed E-state index contributed by atoms with van der Waals surface area (Å²) in [6.45, 7) is 1.86. The Balaban J connectivity index is 1.49. The van der Waals surface area contributed by atoms with Gasteiger partial charge >= 0.3 is 0 Å². The third-order valence-corrected chi connectivity index (χ3v) is 4.35. The molecule has 1 unspecified atom stereocenters. The van der Waals surface area contributed by atoms with Crippen molar-refractivity contribution < 1.29 is 0 Å². The molecule has 16 heavy (non-hydrogen) atoms. The fourth-order valence-electron chi connectivity index (χ4n) is 1.88. The molecule has 1 aliphatic heterocycles. The number of rotatable bonds is 3. The maximum absolute atomic E-state index is 4.55. The van der Waals surface area contributed by atoms with Crippen molar-refractivity contribution in [2.75, 3.05) is 6.54 Å². The van der Waals surface area contributed by atoms with Gasteiger partial charge in [0.05, 0.1) is 6.54 Å². The first-order chi connectivity index (χ1) is 7.92. The van der Waals surface area contributed by atoms with Gasteiger partial charge in [0, 0.05) is 24.2 Å². The first-order valence-electron chi connectivity index (χ1n) is 5.76. The molecule has 0 aromatic carbocycles. The highest BCUT2D eigenvalue weighted by molar-refractivity contribution is 8.14. The van der Waals surface area contributed by atoms with Crippen molar-refractivity contribution >= 4 is 16.9 Å². The predicted molar refractivity (Wildman–Crippen MR) is 67.5 cm³/mol. The summed E-state index contributed by atoms with van der Waals surface area (Å²) < 4.78 is 0. The van der Waals surface area contributed by atoms with Gasteiger partial charge in [-0.15, -0.1) is 0 Å². The second kappa shape index (κ2) is 4.45. The number of amidine groups is 1. The number of pyridine rings is 1. The quantitative estimate of drug-likeness (QED) is 0.868. The molecule has 4 heteroatoms. The molecule has 3 nitrogen and oxygen atoms in total. The molecule has 1 aromatic heterocycles. The van der Waals surface area contributed by atoms with E-state index in [4.69, 9.17) is 0 Å². The zero-order chi connectivity index (χ0) is 10.8. The van der Waals surface area contributed by atoms with Crippen LogP contribution in [0.15, 0.2) is 29.5 Å². The molecule has 84 valence electrons. The average Bonchev–Trinajstić information content (AvgIpc) is 3.08. The fourth-order valence-corrected chi connectivity index (χ4v) is 3.09. The number of aromatic nitrogens is 1. The molecular formula is C12H15N3S. The topological polar surface area (TPSA) is 37.3 Å². The Hall–Kier alpha value is -1.03. The van der Waals surface area contributed by atoms with Crippen molar-refractivity contribution in [3.8, 4) is 0 Å². The van der Waals surface area contributed by atoms with Gasteiger partial charge in [-0.05, 0) is 36.5 Å². The number of nitrogens with zero attached hydrogens (tertiary/aromatic N) is 2. The minimum absolute atomic E-state index is 0.750. The van der Waals surface area contributed by atoms with E-state index in [1.54, 1.807) is 0 Å². The summed E-state index contributed by atoms with van der Waals surface area (Å²) in [7, 11) is 0. The summed E-state index contributed by atoms with van der Waals surface area (Å²) in [5.41, 5.74) is 1.26. The first-order valence-corrected chi connectivity index (χ1v) is 6.63. The first kappa shape index (κ1) is 10.1. The van der Waals surface area contributed by atoms with E-state index in [0.717, 1.165) is 29.4 Å². The molecular weight excluding hydrogens is 218 g/mol. The lowest BCUT2D eigenvalue weighted by atomic mass is 10.3. The molecule has 0 bridgehead atoms. The summed E-state index contributed by atoms with van der Waals surface area (Å²) in [5.74, 6) is 0.939. The monoisotopic (exact) mass is 233 g/mol. The van der Waals surface area contributed by atoms with Crippen molar-refractivity contribution in [3.05, 3.63) is 30.1 Å². The highest BCUT2D eigenvalue weighted by atomic mass is 32.2.